The average molecular weight is 276 g/mol. The summed E-state index contributed by atoms with van der Waals surface area (Å²) in [5.41, 5.74) is 1.11. The molecule has 1 aromatic carbocycles. The molecule has 0 aliphatic heterocycles. The largest absolute Gasteiger partial charge is 0.390 e. The van der Waals surface area contributed by atoms with E-state index >= 15 is 0 Å². The van der Waals surface area contributed by atoms with Crippen LogP contribution in [0.2, 0.25) is 0 Å². The van der Waals surface area contributed by atoms with Crippen molar-refractivity contribution in [2.45, 2.75) is 17.9 Å². The number of ether oxygens (including phenoxy) is 1. The molecule has 0 spiro atoms. The van der Waals surface area contributed by atoms with Crippen LogP contribution in [0.3, 0.4) is 0 Å². The van der Waals surface area contributed by atoms with Gasteiger partial charge >= 0.3 is 0 Å². The minimum Gasteiger partial charge on any atom is -0.390 e. The SMILES string of the molecule is OC(COCc1ccccc1)CSc1ncccn1. The van der Waals surface area contributed by atoms with E-state index in [9.17, 15) is 5.11 Å². The van der Waals surface area contributed by atoms with Crippen molar-refractivity contribution in [1.82, 2.24) is 9.97 Å². The summed E-state index contributed by atoms with van der Waals surface area (Å²) in [6, 6.07) is 11.7. The minimum atomic E-state index is -0.516. The molecule has 5 heteroatoms. The number of nitrogens with zero attached hydrogens (tertiary/aromatic N) is 2. The second-order valence-electron chi connectivity index (χ2n) is 4.00. The van der Waals surface area contributed by atoms with Crippen molar-refractivity contribution in [1.29, 1.82) is 0 Å². The van der Waals surface area contributed by atoms with E-state index in [1.807, 2.05) is 30.3 Å². The zero-order valence-electron chi connectivity index (χ0n) is 10.5. The molecule has 1 heterocycles. The summed E-state index contributed by atoms with van der Waals surface area (Å²) in [7, 11) is 0. The molecular weight excluding hydrogens is 260 g/mol. The van der Waals surface area contributed by atoms with Crippen molar-refractivity contribution in [3.8, 4) is 0 Å². The van der Waals surface area contributed by atoms with Gasteiger partial charge in [-0.25, -0.2) is 9.97 Å². The predicted molar refractivity (Wildman–Crippen MR) is 74.9 cm³/mol. The molecule has 100 valence electrons. The number of rotatable bonds is 7. The highest BCUT2D eigenvalue weighted by Crippen LogP contribution is 2.12. The molecule has 4 nitrogen and oxygen atoms in total. The molecule has 0 radical (unpaired) electrons. The lowest BCUT2D eigenvalue weighted by Gasteiger charge is -2.10. The number of aromatic nitrogens is 2. The first-order valence-electron chi connectivity index (χ1n) is 6.04. The fourth-order valence-electron chi connectivity index (χ4n) is 1.47. The first-order chi connectivity index (χ1) is 9.34. The Hall–Kier alpha value is -1.43. The van der Waals surface area contributed by atoms with Gasteiger partial charge < -0.3 is 9.84 Å². The van der Waals surface area contributed by atoms with E-state index in [2.05, 4.69) is 9.97 Å². The highest BCUT2D eigenvalue weighted by molar-refractivity contribution is 7.99. The summed E-state index contributed by atoms with van der Waals surface area (Å²) in [6.45, 7) is 0.832. The van der Waals surface area contributed by atoms with Crippen LogP contribution >= 0.6 is 11.8 Å². The zero-order valence-corrected chi connectivity index (χ0v) is 11.3. The molecule has 1 aromatic heterocycles. The van der Waals surface area contributed by atoms with Gasteiger partial charge in [-0.15, -0.1) is 0 Å². The number of aliphatic hydroxyl groups is 1. The van der Waals surface area contributed by atoms with Crippen molar-refractivity contribution in [3.63, 3.8) is 0 Å². The van der Waals surface area contributed by atoms with Gasteiger partial charge in [-0.3, -0.25) is 0 Å². The first-order valence-corrected chi connectivity index (χ1v) is 7.02. The summed E-state index contributed by atoms with van der Waals surface area (Å²) < 4.78 is 5.47. The van der Waals surface area contributed by atoms with Crippen LogP contribution in [0.25, 0.3) is 0 Å². The Balaban J connectivity index is 1.64. The van der Waals surface area contributed by atoms with Gasteiger partial charge in [-0.05, 0) is 11.6 Å². The standard InChI is InChI=1S/C14H16N2O2S/c17-13(11-19-14-15-7-4-8-16-14)10-18-9-12-5-2-1-3-6-12/h1-8,13,17H,9-11H2. The molecule has 0 amide bonds. The monoisotopic (exact) mass is 276 g/mol. The summed E-state index contributed by atoms with van der Waals surface area (Å²) in [6.07, 6.45) is 2.86. The van der Waals surface area contributed by atoms with E-state index in [-0.39, 0.29) is 0 Å². The maximum Gasteiger partial charge on any atom is 0.187 e. The molecule has 1 unspecified atom stereocenters. The predicted octanol–water partition coefficient (Wildman–Crippen LogP) is 2.15. The summed E-state index contributed by atoms with van der Waals surface area (Å²) in [5, 5.41) is 10.5. The number of aliphatic hydroxyl groups excluding tert-OH is 1. The minimum absolute atomic E-state index is 0.314. The van der Waals surface area contributed by atoms with Crippen LogP contribution in [0.5, 0.6) is 0 Å². The second-order valence-corrected chi connectivity index (χ2v) is 4.98. The molecule has 0 fully saturated rings. The van der Waals surface area contributed by atoms with Gasteiger partial charge in [0.05, 0.1) is 19.3 Å². The van der Waals surface area contributed by atoms with Gasteiger partial charge in [-0.2, -0.15) is 0 Å². The fourth-order valence-corrected chi connectivity index (χ4v) is 2.17. The van der Waals surface area contributed by atoms with Crippen molar-refractivity contribution in [3.05, 3.63) is 54.4 Å². The van der Waals surface area contributed by atoms with E-state index in [4.69, 9.17) is 4.74 Å². The van der Waals surface area contributed by atoms with Crippen molar-refractivity contribution < 1.29 is 9.84 Å². The number of hydrogen-bond donors (Lipinski definition) is 1. The molecule has 0 bridgehead atoms. The van der Waals surface area contributed by atoms with Gasteiger partial charge in [0.15, 0.2) is 5.16 Å². The van der Waals surface area contributed by atoms with Crippen LogP contribution < -0.4 is 0 Å². The summed E-state index contributed by atoms with van der Waals surface area (Å²) in [4.78, 5) is 8.16. The molecule has 2 rings (SSSR count). The normalized spacial score (nSPS) is 12.3. The Morgan fingerprint density at radius 2 is 1.84 bits per heavy atom. The summed E-state index contributed by atoms with van der Waals surface area (Å²) >= 11 is 1.42. The van der Waals surface area contributed by atoms with Crippen LogP contribution in [0, 0.1) is 0 Å². The molecule has 19 heavy (non-hydrogen) atoms. The van der Waals surface area contributed by atoms with Gasteiger partial charge in [0.2, 0.25) is 0 Å². The number of benzene rings is 1. The second kappa shape index (κ2) is 7.89. The van der Waals surface area contributed by atoms with E-state index < -0.39 is 6.10 Å². The molecule has 0 aliphatic rings. The Labute approximate surface area is 116 Å². The van der Waals surface area contributed by atoms with Crippen molar-refractivity contribution >= 4 is 11.8 Å². The first kappa shape index (κ1) is 14.0. The Kier molecular flexibility index (Phi) is 5.81. The quantitative estimate of drug-likeness (QED) is 0.620. The molecule has 0 saturated heterocycles. The van der Waals surface area contributed by atoms with E-state index in [1.165, 1.54) is 11.8 Å². The van der Waals surface area contributed by atoms with Gasteiger partial charge in [-0.1, -0.05) is 42.1 Å². The Morgan fingerprint density at radius 1 is 1.11 bits per heavy atom. The van der Waals surface area contributed by atoms with Crippen LogP contribution in [0.15, 0.2) is 53.9 Å². The molecule has 1 atom stereocenters. The highest BCUT2D eigenvalue weighted by Gasteiger charge is 2.06. The molecule has 0 saturated carbocycles. The third kappa shape index (κ3) is 5.38. The van der Waals surface area contributed by atoms with Gasteiger partial charge in [0.25, 0.3) is 0 Å². The lowest BCUT2D eigenvalue weighted by Crippen LogP contribution is -2.18. The lowest BCUT2D eigenvalue weighted by atomic mass is 10.2. The topological polar surface area (TPSA) is 55.2 Å². The average Bonchev–Trinajstić information content (AvgIpc) is 2.47. The smallest absolute Gasteiger partial charge is 0.187 e. The zero-order chi connectivity index (χ0) is 13.3. The molecular formula is C14H16N2O2S. The molecule has 1 N–H and O–H groups in total. The summed E-state index contributed by atoms with van der Waals surface area (Å²) in [5.74, 6) is 0.527. The third-order valence-electron chi connectivity index (χ3n) is 2.37. The molecule has 0 aliphatic carbocycles. The lowest BCUT2D eigenvalue weighted by molar-refractivity contribution is 0.0398. The van der Waals surface area contributed by atoms with E-state index in [1.54, 1.807) is 18.5 Å². The van der Waals surface area contributed by atoms with Crippen LogP contribution in [-0.4, -0.2) is 33.5 Å². The van der Waals surface area contributed by atoms with E-state index in [0.717, 1.165) is 5.56 Å². The van der Waals surface area contributed by atoms with E-state index in [0.29, 0.717) is 24.1 Å². The van der Waals surface area contributed by atoms with Crippen molar-refractivity contribution in [2.24, 2.45) is 0 Å². The Bertz CT molecular complexity index is 467. The van der Waals surface area contributed by atoms with Crippen molar-refractivity contribution in [2.75, 3.05) is 12.4 Å². The third-order valence-corrected chi connectivity index (χ3v) is 3.39. The van der Waals surface area contributed by atoms with Crippen LogP contribution in [-0.2, 0) is 11.3 Å². The fraction of sp³-hybridized carbons (Fsp3) is 0.286. The number of hydrogen-bond acceptors (Lipinski definition) is 5. The maximum absolute atomic E-state index is 9.79. The molecule has 2 aromatic rings. The number of thioether (sulfide) groups is 1. The van der Waals surface area contributed by atoms with Crippen LogP contribution in [0.1, 0.15) is 5.56 Å². The highest BCUT2D eigenvalue weighted by atomic mass is 32.2. The van der Waals surface area contributed by atoms with Gasteiger partial charge in [0, 0.05) is 18.1 Å². The maximum atomic E-state index is 9.79. The van der Waals surface area contributed by atoms with Gasteiger partial charge in [0.1, 0.15) is 0 Å². The Morgan fingerprint density at radius 3 is 2.58 bits per heavy atom. The van der Waals surface area contributed by atoms with Crippen LogP contribution in [0.4, 0.5) is 0 Å².